The van der Waals surface area contributed by atoms with Crippen LogP contribution in [-0.2, 0) is 11.3 Å². The first-order chi connectivity index (χ1) is 8.12. The molecule has 0 aliphatic heterocycles. The Kier molecular flexibility index (Phi) is 4.92. The fourth-order valence-corrected chi connectivity index (χ4v) is 1.37. The van der Waals surface area contributed by atoms with Gasteiger partial charge in [0.05, 0.1) is 24.9 Å². The number of aliphatic hydroxyl groups excluding tert-OH is 1. The highest BCUT2D eigenvalue weighted by molar-refractivity contribution is 5.97. The molecule has 1 unspecified atom stereocenters. The number of nitrogens with zero attached hydrogens (tertiary/aromatic N) is 2. The molecule has 7 heteroatoms. The van der Waals surface area contributed by atoms with Crippen LogP contribution in [0.5, 0.6) is 0 Å². The van der Waals surface area contributed by atoms with Crippen molar-refractivity contribution >= 4 is 11.6 Å². The number of methoxy groups -OCH3 is 1. The van der Waals surface area contributed by atoms with Gasteiger partial charge in [-0.05, 0) is 6.92 Å². The molecule has 0 aliphatic carbocycles. The van der Waals surface area contributed by atoms with Gasteiger partial charge < -0.3 is 20.9 Å². The number of rotatable bonds is 6. The van der Waals surface area contributed by atoms with Gasteiger partial charge in [0.15, 0.2) is 5.69 Å². The lowest BCUT2D eigenvalue weighted by Crippen LogP contribution is -2.41. The Morgan fingerprint density at radius 2 is 2.47 bits per heavy atom. The summed E-state index contributed by atoms with van der Waals surface area (Å²) in [5, 5.41) is 15.6. The van der Waals surface area contributed by atoms with E-state index in [4.69, 9.17) is 15.6 Å². The Balaban J connectivity index is 2.71. The van der Waals surface area contributed by atoms with Crippen molar-refractivity contribution in [2.24, 2.45) is 0 Å². The number of nitrogen functional groups attached to an aromatic ring is 1. The van der Waals surface area contributed by atoms with Crippen molar-refractivity contribution in [1.29, 1.82) is 0 Å². The molecule has 0 spiro atoms. The summed E-state index contributed by atoms with van der Waals surface area (Å²) in [6.07, 6.45) is 1.60. The van der Waals surface area contributed by atoms with Crippen molar-refractivity contribution in [3.63, 3.8) is 0 Å². The van der Waals surface area contributed by atoms with E-state index in [1.807, 2.05) is 6.92 Å². The summed E-state index contributed by atoms with van der Waals surface area (Å²) in [6, 6.07) is -0.460. The molecule has 1 heterocycles. The largest absolute Gasteiger partial charge is 0.396 e. The third-order valence-corrected chi connectivity index (χ3v) is 2.25. The number of anilines is 1. The van der Waals surface area contributed by atoms with E-state index in [0.29, 0.717) is 12.2 Å². The molecule has 1 atom stereocenters. The van der Waals surface area contributed by atoms with Crippen molar-refractivity contribution in [2.45, 2.75) is 19.5 Å². The van der Waals surface area contributed by atoms with E-state index >= 15 is 0 Å². The van der Waals surface area contributed by atoms with Gasteiger partial charge >= 0.3 is 0 Å². The number of aryl methyl sites for hydroxylation is 1. The van der Waals surface area contributed by atoms with Gasteiger partial charge in [-0.3, -0.25) is 9.48 Å². The first-order valence-electron chi connectivity index (χ1n) is 5.35. The molecule has 1 rings (SSSR count). The minimum absolute atomic E-state index is 0.168. The minimum Gasteiger partial charge on any atom is -0.396 e. The highest BCUT2D eigenvalue weighted by atomic mass is 16.5. The van der Waals surface area contributed by atoms with Gasteiger partial charge in [0.1, 0.15) is 0 Å². The minimum atomic E-state index is -0.460. The van der Waals surface area contributed by atoms with E-state index in [1.54, 1.807) is 10.9 Å². The number of ether oxygens (including phenoxy) is 1. The lowest BCUT2D eigenvalue weighted by Gasteiger charge is -2.14. The Morgan fingerprint density at radius 1 is 1.76 bits per heavy atom. The highest BCUT2D eigenvalue weighted by Crippen LogP contribution is 2.08. The van der Waals surface area contributed by atoms with Gasteiger partial charge in [-0.25, -0.2) is 0 Å². The highest BCUT2D eigenvalue weighted by Gasteiger charge is 2.18. The molecule has 17 heavy (non-hydrogen) atoms. The second-order valence-electron chi connectivity index (χ2n) is 3.60. The Morgan fingerprint density at radius 3 is 2.94 bits per heavy atom. The topological polar surface area (TPSA) is 102 Å². The monoisotopic (exact) mass is 242 g/mol. The number of nitrogens with one attached hydrogen (secondary N) is 1. The zero-order valence-corrected chi connectivity index (χ0v) is 10.0. The first-order valence-corrected chi connectivity index (χ1v) is 5.35. The fourth-order valence-electron chi connectivity index (χ4n) is 1.37. The molecule has 1 aromatic rings. The molecule has 7 nitrogen and oxygen atoms in total. The van der Waals surface area contributed by atoms with Crippen molar-refractivity contribution in [3.8, 4) is 0 Å². The molecule has 96 valence electrons. The van der Waals surface area contributed by atoms with E-state index in [0.717, 1.165) is 0 Å². The lowest BCUT2D eigenvalue weighted by atomic mass is 10.3. The number of aromatic nitrogens is 2. The van der Waals surface area contributed by atoms with Gasteiger partial charge in [-0.1, -0.05) is 0 Å². The van der Waals surface area contributed by atoms with Crippen LogP contribution in [-0.4, -0.2) is 47.2 Å². The van der Waals surface area contributed by atoms with Crippen LogP contribution in [0.1, 0.15) is 17.4 Å². The smallest absolute Gasteiger partial charge is 0.274 e. The molecule has 0 aromatic carbocycles. The van der Waals surface area contributed by atoms with Crippen LogP contribution in [0.3, 0.4) is 0 Å². The SMILES string of the molecule is CCn1cc(N)c(C(=O)NC(CO)COC)n1. The van der Waals surface area contributed by atoms with Gasteiger partial charge in [-0.15, -0.1) is 0 Å². The van der Waals surface area contributed by atoms with Crippen LogP contribution >= 0.6 is 0 Å². The molecule has 0 saturated carbocycles. The quantitative estimate of drug-likeness (QED) is 0.607. The number of carbonyl (C=O) groups excluding carboxylic acids is 1. The standard InChI is InChI=1S/C10H18N4O3/c1-3-14-4-8(11)9(13-14)10(16)12-7(5-15)6-17-2/h4,7,15H,3,5-6,11H2,1-2H3,(H,12,16). The average Bonchev–Trinajstić information content (AvgIpc) is 2.70. The predicted octanol–water partition coefficient (Wildman–Crippen LogP) is -0.778. The zero-order chi connectivity index (χ0) is 12.8. The van der Waals surface area contributed by atoms with Crippen molar-refractivity contribution in [3.05, 3.63) is 11.9 Å². The van der Waals surface area contributed by atoms with E-state index in [-0.39, 0.29) is 18.9 Å². The molecular weight excluding hydrogens is 224 g/mol. The van der Waals surface area contributed by atoms with Crippen LogP contribution in [0, 0.1) is 0 Å². The van der Waals surface area contributed by atoms with E-state index in [2.05, 4.69) is 10.4 Å². The summed E-state index contributed by atoms with van der Waals surface area (Å²) in [5.74, 6) is -0.411. The molecule has 1 aromatic heterocycles. The fraction of sp³-hybridized carbons (Fsp3) is 0.600. The van der Waals surface area contributed by atoms with Gasteiger partial charge in [0, 0.05) is 19.9 Å². The molecule has 0 aliphatic rings. The van der Waals surface area contributed by atoms with E-state index in [9.17, 15) is 4.79 Å². The molecule has 0 radical (unpaired) electrons. The zero-order valence-electron chi connectivity index (χ0n) is 10.0. The van der Waals surface area contributed by atoms with E-state index < -0.39 is 11.9 Å². The molecular formula is C10H18N4O3. The summed E-state index contributed by atoms with van der Waals surface area (Å²) < 4.78 is 6.43. The maximum Gasteiger partial charge on any atom is 0.274 e. The molecule has 1 amide bonds. The second-order valence-corrected chi connectivity index (χ2v) is 3.60. The molecule has 0 saturated heterocycles. The summed E-state index contributed by atoms with van der Waals surface area (Å²) in [5.41, 5.74) is 6.16. The number of aliphatic hydroxyl groups is 1. The van der Waals surface area contributed by atoms with Crippen molar-refractivity contribution in [2.75, 3.05) is 26.1 Å². The maximum atomic E-state index is 11.8. The lowest BCUT2D eigenvalue weighted by molar-refractivity contribution is 0.0835. The third kappa shape index (κ3) is 3.43. The van der Waals surface area contributed by atoms with Crippen LogP contribution in [0.25, 0.3) is 0 Å². The van der Waals surface area contributed by atoms with Crippen LogP contribution in [0.4, 0.5) is 5.69 Å². The predicted molar refractivity (Wildman–Crippen MR) is 62.5 cm³/mol. The van der Waals surface area contributed by atoms with Crippen LogP contribution in [0.15, 0.2) is 6.20 Å². The molecule has 4 N–H and O–H groups in total. The summed E-state index contributed by atoms with van der Waals surface area (Å²) >= 11 is 0. The average molecular weight is 242 g/mol. The Bertz CT molecular complexity index is 378. The van der Waals surface area contributed by atoms with Crippen LogP contribution in [0.2, 0.25) is 0 Å². The number of carbonyl (C=O) groups is 1. The number of hydrogen-bond donors (Lipinski definition) is 3. The van der Waals surface area contributed by atoms with Gasteiger partial charge in [0.2, 0.25) is 0 Å². The van der Waals surface area contributed by atoms with E-state index in [1.165, 1.54) is 7.11 Å². The summed E-state index contributed by atoms with van der Waals surface area (Å²) in [6.45, 7) is 2.57. The number of hydrogen-bond acceptors (Lipinski definition) is 5. The van der Waals surface area contributed by atoms with Crippen LogP contribution < -0.4 is 11.1 Å². The number of amides is 1. The van der Waals surface area contributed by atoms with Gasteiger partial charge in [0.25, 0.3) is 5.91 Å². The third-order valence-electron chi connectivity index (χ3n) is 2.25. The summed E-state index contributed by atoms with van der Waals surface area (Å²) in [7, 11) is 1.50. The van der Waals surface area contributed by atoms with Crippen molar-refractivity contribution in [1.82, 2.24) is 15.1 Å². The number of nitrogens with two attached hydrogens (primary N) is 1. The van der Waals surface area contributed by atoms with Gasteiger partial charge in [-0.2, -0.15) is 5.10 Å². The molecule has 0 fully saturated rings. The Labute approximate surface area is 99.6 Å². The normalized spacial score (nSPS) is 12.4. The Hall–Kier alpha value is -1.60. The molecule has 0 bridgehead atoms. The second kappa shape index (κ2) is 6.21. The van der Waals surface area contributed by atoms with Crippen molar-refractivity contribution < 1.29 is 14.6 Å². The first kappa shape index (κ1) is 13.5. The summed E-state index contributed by atoms with van der Waals surface area (Å²) in [4.78, 5) is 11.8. The maximum absolute atomic E-state index is 11.8.